The van der Waals surface area contributed by atoms with Gasteiger partial charge in [0.15, 0.2) is 0 Å². The highest BCUT2D eigenvalue weighted by Crippen LogP contribution is 2.25. The van der Waals surface area contributed by atoms with Gasteiger partial charge in [0.25, 0.3) is 0 Å². The molecule has 11 heavy (non-hydrogen) atoms. The van der Waals surface area contributed by atoms with Gasteiger partial charge in [-0.15, -0.1) is 0 Å². The van der Waals surface area contributed by atoms with Crippen molar-refractivity contribution in [2.24, 2.45) is 5.92 Å². The molecule has 0 aromatic heterocycles. The maximum Gasteiger partial charge on any atom is 0.147 e. The number of Topliss-reactive ketones (excluding diaryl/α,β-unsaturated/α-hetero) is 1. The summed E-state index contributed by atoms with van der Waals surface area (Å²) in [5.41, 5.74) is 0.0939. The van der Waals surface area contributed by atoms with Crippen LogP contribution < -0.4 is 0 Å². The van der Waals surface area contributed by atoms with E-state index in [4.69, 9.17) is 5.41 Å². The van der Waals surface area contributed by atoms with Crippen LogP contribution in [-0.4, -0.2) is 17.7 Å². The van der Waals surface area contributed by atoms with Gasteiger partial charge in [0.2, 0.25) is 0 Å². The Morgan fingerprint density at radius 1 is 1.73 bits per heavy atom. The van der Waals surface area contributed by atoms with Gasteiger partial charge in [0.05, 0.1) is 5.92 Å². The van der Waals surface area contributed by atoms with E-state index in [9.17, 15) is 9.18 Å². The fraction of sp³-hybridized carbons (Fsp3) is 0.750. The summed E-state index contributed by atoms with van der Waals surface area (Å²) in [7, 11) is 0. The van der Waals surface area contributed by atoms with Crippen LogP contribution in [0, 0.1) is 11.3 Å². The Morgan fingerprint density at radius 3 is 2.82 bits per heavy atom. The van der Waals surface area contributed by atoms with Crippen molar-refractivity contribution in [1.29, 1.82) is 5.41 Å². The van der Waals surface area contributed by atoms with Gasteiger partial charge < -0.3 is 5.41 Å². The second-order valence-electron chi connectivity index (χ2n) is 3.04. The molecule has 0 bridgehead atoms. The molecule has 1 N–H and O–H groups in total. The minimum absolute atomic E-state index is 0.0939. The number of carbonyl (C=O) groups is 1. The van der Waals surface area contributed by atoms with E-state index in [1.165, 1.54) is 6.92 Å². The Bertz CT molecular complexity index is 191. The Morgan fingerprint density at radius 2 is 2.36 bits per heavy atom. The Hall–Kier alpha value is -0.730. The van der Waals surface area contributed by atoms with Crippen LogP contribution in [-0.2, 0) is 4.79 Å². The second kappa shape index (κ2) is 3.11. The summed E-state index contributed by atoms with van der Waals surface area (Å²) in [5, 5.41) is 7.19. The molecule has 62 valence electrons. The third-order valence-corrected chi connectivity index (χ3v) is 2.17. The van der Waals surface area contributed by atoms with E-state index in [0.717, 1.165) is 6.42 Å². The van der Waals surface area contributed by atoms with E-state index in [-0.39, 0.29) is 11.5 Å². The molecule has 0 aromatic rings. The van der Waals surface area contributed by atoms with Crippen molar-refractivity contribution < 1.29 is 9.18 Å². The van der Waals surface area contributed by atoms with E-state index in [1.54, 1.807) is 0 Å². The first-order valence-corrected chi connectivity index (χ1v) is 3.84. The highest BCUT2D eigenvalue weighted by molar-refractivity contribution is 5.93. The predicted molar refractivity (Wildman–Crippen MR) is 40.6 cm³/mol. The summed E-state index contributed by atoms with van der Waals surface area (Å²) < 4.78 is 13.0. The lowest BCUT2D eigenvalue weighted by atomic mass is 9.84. The second-order valence-corrected chi connectivity index (χ2v) is 3.04. The van der Waals surface area contributed by atoms with Crippen molar-refractivity contribution in [2.75, 3.05) is 0 Å². The average Bonchev–Trinajstić information content (AvgIpc) is 1.94. The summed E-state index contributed by atoms with van der Waals surface area (Å²) in [6.45, 7) is 1.40. The molecule has 0 heterocycles. The van der Waals surface area contributed by atoms with Gasteiger partial charge in [-0.25, -0.2) is 4.39 Å². The highest BCUT2D eigenvalue weighted by atomic mass is 19.1. The molecule has 2 unspecified atom stereocenters. The third-order valence-electron chi connectivity index (χ3n) is 2.17. The first kappa shape index (κ1) is 8.37. The molecule has 1 aliphatic carbocycles. The van der Waals surface area contributed by atoms with Crippen molar-refractivity contribution in [1.82, 2.24) is 0 Å². The number of alkyl halides is 1. The number of halogens is 1. The van der Waals surface area contributed by atoms with E-state index in [0.29, 0.717) is 12.8 Å². The minimum Gasteiger partial charge on any atom is -0.307 e. The quantitative estimate of drug-likeness (QED) is 0.618. The fourth-order valence-corrected chi connectivity index (χ4v) is 1.45. The minimum atomic E-state index is -1.30. The van der Waals surface area contributed by atoms with Crippen LogP contribution in [0.4, 0.5) is 4.39 Å². The fourth-order valence-electron chi connectivity index (χ4n) is 1.45. The molecule has 0 aromatic carbocycles. The van der Waals surface area contributed by atoms with Crippen molar-refractivity contribution in [3.8, 4) is 0 Å². The van der Waals surface area contributed by atoms with Gasteiger partial charge in [-0.3, -0.25) is 4.79 Å². The molecule has 1 saturated carbocycles. The van der Waals surface area contributed by atoms with Gasteiger partial charge in [0, 0.05) is 5.71 Å². The molecule has 0 amide bonds. The van der Waals surface area contributed by atoms with Crippen LogP contribution >= 0.6 is 0 Å². The average molecular weight is 157 g/mol. The molecule has 1 rings (SSSR count). The summed E-state index contributed by atoms with van der Waals surface area (Å²) in [6, 6.07) is 0. The van der Waals surface area contributed by atoms with Crippen LogP contribution in [0.3, 0.4) is 0 Å². The normalized spacial score (nSPS) is 32.0. The standard InChI is InChI=1S/C8H12FNO/c1-5(11)6-3-2-4-7(10)8(6)9/h6,8,10H,2-4H2,1H3. The van der Waals surface area contributed by atoms with Crippen molar-refractivity contribution in [3.05, 3.63) is 0 Å². The summed E-state index contributed by atoms with van der Waals surface area (Å²) in [4.78, 5) is 10.8. The highest BCUT2D eigenvalue weighted by Gasteiger charge is 2.31. The van der Waals surface area contributed by atoms with Crippen molar-refractivity contribution >= 4 is 11.5 Å². The number of hydrogen-bond donors (Lipinski definition) is 1. The number of hydrogen-bond acceptors (Lipinski definition) is 2. The first-order valence-electron chi connectivity index (χ1n) is 3.84. The molecule has 3 heteroatoms. The van der Waals surface area contributed by atoms with Crippen LogP contribution in [0.1, 0.15) is 26.2 Å². The van der Waals surface area contributed by atoms with E-state index in [1.807, 2.05) is 0 Å². The lowest BCUT2D eigenvalue weighted by Crippen LogP contribution is -2.33. The van der Waals surface area contributed by atoms with E-state index >= 15 is 0 Å². The molecular weight excluding hydrogens is 145 g/mol. The molecule has 0 radical (unpaired) electrons. The lowest BCUT2D eigenvalue weighted by molar-refractivity contribution is -0.122. The van der Waals surface area contributed by atoms with Crippen LogP contribution in [0.5, 0.6) is 0 Å². The van der Waals surface area contributed by atoms with Gasteiger partial charge in [-0.1, -0.05) is 0 Å². The molecule has 2 atom stereocenters. The van der Waals surface area contributed by atoms with Crippen LogP contribution in [0.2, 0.25) is 0 Å². The van der Waals surface area contributed by atoms with Crippen molar-refractivity contribution in [3.63, 3.8) is 0 Å². The SMILES string of the molecule is CC(=O)C1CCCC(=N)C1F. The Labute approximate surface area is 65.3 Å². The Kier molecular flexibility index (Phi) is 2.37. The van der Waals surface area contributed by atoms with E-state index in [2.05, 4.69) is 0 Å². The molecular formula is C8H12FNO. The third kappa shape index (κ3) is 1.64. The molecule has 0 aliphatic heterocycles. The number of ketones is 1. The molecule has 0 saturated heterocycles. The zero-order valence-corrected chi connectivity index (χ0v) is 6.56. The maximum absolute atomic E-state index is 13.0. The van der Waals surface area contributed by atoms with Crippen LogP contribution in [0.25, 0.3) is 0 Å². The van der Waals surface area contributed by atoms with Gasteiger partial charge in [-0.05, 0) is 26.2 Å². The largest absolute Gasteiger partial charge is 0.307 e. The van der Waals surface area contributed by atoms with Gasteiger partial charge in [0.1, 0.15) is 12.0 Å². The summed E-state index contributed by atoms with van der Waals surface area (Å²) in [5.74, 6) is -0.654. The topological polar surface area (TPSA) is 40.9 Å². The zero-order valence-electron chi connectivity index (χ0n) is 6.56. The Balaban J connectivity index is 2.65. The zero-order chi connectivity index (χ0) is 8.43. The lowest BCUT2D eigenvalue weighted by Gasteiger charge is -2.23. The monoisotopic (exact) mass is 157 g/mol. The van der Waals surface area contributed by atoms with E-state index < -0.39 is 12.1 Å². The summed E-state index contributed by atoms with van der Waals surface area (Å²) in [6.07, 6.45) is 0.606. The predicted octanol–water partition coefficient (Wildman–Crippen LogP) is 1.73. The first-order chi connectivity index (χ1) is 5.13. The molecule has 1 fully saturated rings. The van der Waals surface area contributed by atoms with Gasteiger partial charge in [-0.2, -0.15) is 0 Å². The maximum atomic E-state index is 13.0. The number of nitrogens with one attached hydrogen (secondary N) is 1. The molecule has 0 spiro atoms. The molecule has 2 nitrogen and oxygen atoms in total. The number of rotatable bonds is 1. The van der Waals surface area contributed by atoms with Gasteiger partial charge >= 0.3 is 0 Å². The number of carbonyl (C=O) groups excluding carboxylic acids is 1. The summed E-state index contributed by atoms with van der Waals surface area (Å²) >= 11 is 0. The van der Waals surface area contributed by atoms with Crippen molar-refractivity contribution in [2.45, 2.75) is 32.4 Å². The smallest absolute Gasteiger partial charge is 0.147 e. The van der Waals surface area contributed by atoms with Crippen LogP contribution in [0.15, 0.2) is 0 Å². The molecule has 1 aliphatic rings.